The van der Waals surface area contributed by atoms with Crippen LogP contribution in [0.3, 0.4) is 0 Å². The zero-order valence-electron chi connectivity index (χ0n) is 17.8. The summed E-state index contributed by atoms with van der Waals surface area (Å²) < 4.78 is 10.5. The van der Waals surface area contributed by atoms with Crippen molar-refractivity contribution in [1.82, 2.24) is 10.2 Å². The molecule has 1 aromatic carbocycles. The molecule has 2 heterocycles. The van der Waals surface area contributed by atoms with E-state index >= 15 is 0 Å². The van der Waals surface area contributed by atoms with Gasteiger partial charge in [0.1, 0.15) is 18.0 Å². The molecule has 2 amide bonds. The topological polar surface area (TPSA) is 105 Å². The van der Waals surface area contributed by atoms with Crippen molar-refractivity contribution < 1.29 is 29.0 Å². The predicted molar refractivity (Wildman–Crippen MR) is 120 cm³/mol. The Balaban J connectivity index is 1.64. The number of amides is 2. The Kier molecular flexibility index (Phi) is 8.41. The first-order chi connectivity index (χ1) is 15.5. The molecule has 0 bridgehead atoms. The third kappa shape index (κ3) is 6.66. The van der Waals surface area contributed by atoms with Crippen molar-refractivity contribution in [2.45, 2.75) is 25.5 Å². The van der Waals surface area contributed by atoms with Crippen molar-refractivity contribution in [3.05, 3.63) is 58.3 Å². The number of carbonyl (C=O) groups is 3. The summed E-state index contributed by atoms with van der Waals surface area (Å²) in [6, 6.07) is 8.03. The van der Waals surface area contributed by atoms with E-state index in [1.165, 1.54) is 35.5 Å². The van der Waals surface area contributed by atoms with Crippen LogP contribution < -0.4 is 10.1 Å². The minimum Gasteiger partial charge on any atom is -0.507 e. The summed E-state index contributed by atoms with van der Waals surface area (Å²) in [4.78, 5) is 39.9. The summed E-state index contributed by atoms with van der Waals surface area (Å²) in [7, 11) is 1.45. The van der Waals surface area contributed by atoms with E-state index in [0.29, 0.717) is 18.9 Å². The number of ether oxygens (including phenoxy) is 2. The number of thiophene rings is 1. The van der Waals surface area contributed by atoms with Crippen molar-refractivity contribution in [2.75, 3.05) is 26.8 Å². The Morgan fingerprint density at radius 2 is 2.16 bits per heavy atom. The first kappa shape index (κ1) is 23.5. The van der Waals surface area contributed by atoms with Crippen LogP contribution in [-0.4, -0.2) is 60.5 Å². The molecular weight excluding hydrogens is 432 g/mol. The number of hydrogen-bond acceptors (Lipinski definition) is 7. The number of allylic oxidation sites excluding steroid dienone is 1. The van der Waals surface area contributed by atoms with E-state index in [1.54, 1.807) is 6.07 Å². The fourth-order valence-corrected chi connectivity index (χ4v) is 3.97. The van der Waals surface area contributed by atoms with Crippen molar-refractivity contribution >= 4 is 28.9 Å². The molecule has 2 aromatic rings. The Bertz CT molecular complexity index is 967. The molecule has 0 spiro atoms. The second kappa shape index (κ2) is 11.4. The van der Waals surface area contributed by atoms with Crippen LogP contribution in [0.1, 0.15) is 28.1 Å². The number of aromatic hydroxyl groups is 1. The van der Waals surface area contributed by atoms with Gasteiger partial charge in [-0.15, -0.1) is 11.3 Å². The van der Waals surface area contributed by atoms with Crippen LogP contribution in [-0.2, 0) is 20.9 Å². The lowest BCUT2D eigenvalue weighted by atomic mass is 10.1. The van der Waals surface area contributed by atoms with Crippen LogP contribution in [0.15, 0.2) is 47.9 Å². The highest BCUT2D eigenvalue weighted by atomic mass is 32.1. The SMILES string of the molecule is COc1ccc(C(=O)C=CC(=O)N(CC(=O)NCC2CCCO2)Cc2cccs2)c(O)c1. The smallest absolute Gasteiger partial charge is 0.247 e. The van der Waals surface area contributed by atoms with Crippen molar-refractivity contribution in [3.63, 3.8) is 0 Å². The second-order valence-electron chi connectivity index (χ2n) is 7.29. The van der Waals surface area contributed by atoms with E-state index < -0.39 is 11.7 Å². The van der Waals surface area contributed by atoms with Gasteiger partial charge in [0.15, 0.2) is 5.78 Å². The van der Waals surface area contributed by atoms with Gasteiger partial charge in [-0.25, -0.2) is 0 Å². The van der Waals surface area contributed by atoms with E-state index in [2.05, 4.69) is 5.32 Å². The second-order valence-corrected chi connectivity index (χ2v) is 8.33. The number of carbonyl (C=O) groups excluding carboxylic acids is 3. The fraction of sp³-hybridized carbons (Fsp3) is 0.348. The first-order valence-corrected chi connectivity index (χ1v) is 11.1. The van der Waals surface area contributed by atoms with E-state index in [4.69, 9.17) is 9.47 Å². The van der Waals surface area contributed by atoms with Crippen molar-refractivity contribution in [3.8, 4) is 11.5 Å². The average molecular weight is 459 g/mol. The largest absolute Gasteiger partial charge is 0.507 e. The highest BCUT2D eigenvalue weighted by Gasteiger charge is 2.20. The van der Waals surface area contributed by atoms with Crippen LogP contribution >= 0.6 is 11.3 Å². The Labute approximate surface area is 190 Å². The number of rotatable bonds is 10. The van der Waals surface area contributed by atoms with Gasteiger partial charge in [-0.05, 0) is 42.5 Å². The lowest BCUT2D eigenvalue weighted by molar-refractivity contribution is -0.133. The minimum atomic E-state index is -0.530. The molecule has 1 aromatic heterocycles. The van der Waals surface area contributed by atoms with Crippen molar-refractivity contribution in [2.24, 2.45) is 0 Å². The number of methoxy groups -OCH3 is 1. The average Bonchev–Trinajstić information content (AvgIpc) is 3.49. The molecule has 8 nitrogen and oxygen atoms in total. The molecule has 0 radical (unpaired) electrons. The molecule has 1 saturated heterocycles. The summed E-state index contributed by atoms with van der Waals surface area (Å²) in [6.45, 7) is 1.21. The lowest BCUT2D eigenvalue weighted by Gasteiger charge is -2.20. The normalized spacial score (nSPS) is 15.6. The van der Waals surface area contributed by atoms with Gasteiger partial charge in [0.05, 0.1) is 25.3 Å². The Hall–Kier alpha value is -3.17. The lowest BCUT2D eigenvalue weighted by Crippen LogP contribution is -2.41. The van der Waals surface area contributed by atoms with E-state index in [1.807, 2.05) is 17.5 Å². The number of nitrogens with zero attached hydrogens (tertiary/aromatic N) is 1. The number of phenols is 1. The van der Waals surface area contributed by atoms with Gasteiger partial charge >= 0.3 is 0 Å². The highest BCUT2D eigenvalue weighted by Crippen LogP contribution is 2.24. The number of hydrogen-bond donors (Lipinski definition) is 2. The molecule has 1 aliphatic rings. The van der Waals surface area contributed by atoms with Gasteiger partial charge in [0.25, 0.3) is 0 Å². The molecule has 9 heteroatoms. The highest BCUT2D eigenvalue weighted by molar-refractivity contribution is 7.09. The third-order valence-corrected chi connectivity index (χ3v) is 5.83. The summed E-state index contributed by atoms with van der Waals surface area (Å²) in [5, 5.41) is 14.7. The Morgan fingerprint density at radius 1 is 1.31 bits per heavy atom. The molecule has 1 unspecified atom stereocenters. The van der Waals surface area contributed by atoms with Crippen LogP contribution in [0.25, 0.3) is 0 Å². The first-order valence-electron chi connectivity index (χ1n) is 10.2. The zero-order chi connectivity index (χ0) is 22.9. The van der Waals surface area contributed by atoms with Crippen LogP contribution in [0.4, 0.5) is 0 Å². The fourth-order valence-electron chi connectivity index (χ4n) is 3.25. The van der Waals surface area contributed by atoms with Gasteiger partial charge in [-0.3, -0.25) is 14.4 Å². The number of ketones is 1. The number of nitrogens with one attached hydrogen (secondary N) is 1. The molecule has 1 fully saturated rings. The maximum atomic E-state index is 12.8. The molecular formula is C23H26N2O6S. The molecule has 1 atom stereocenters. The molecule has 32 heavy (non-hydrogen) atoms. The van der Waals surface area contributed by atoms with E-state index in [-0.39, 0.29) is 36.4 Å². The molecule has 2 N–H and O–H groups in total. The third-order valence-electron chi connectivity index (χ3n) is 4.97. The quantitative estimate of drug-likeness (QED) is 0.419. The summed E-state index contributed by atoms with van der Waals surface area (Å²) >= 11 is 1.47. The van der Waals surface area contributed by atoms with Gasteiger partial charge in [-0.2, -0.15) is 0 Å². The van der Waals surface area contributed by atoms with Gasteiger partial charge < -0.3 is 24.8 Å². The van der Waals surface area contributed by atoms with Crippen LogP contribution in [0, 0.1) is 0 Å². The van der Waals surface area contributed by atoms with Crippen LogP contribution in [0.5, 0.6) is 11.5 Å². The maximum Gasteiger partial charge on any atom is 0.247 e. The Morgan fingerprint density at radius 3 is 2.81 bits per heavy atom. The zero-order valence-corrected chi connectivity index (χ0v) is 18.6. The van der Waals surface area contributed by atoms with Gasteiger partial charge in [-0.1, -0.05) is 6.07 Å². The van der Waals surface area contributed by atoms with E-state index in [9.17, 15) is 19.5 Å². The molecule has 0 aliphatic carbocycles. The monoisotopic (exact) mass is 458 g/mol. The maximum absolute atomic E-state index is 12.8. The van der Waals surface area contributed by atoms with Gasteiger partial charge in [0, 0.05) is 30.2 Å². The summed E-state index contributed by atoms with van der Waals surface area (Å²) in [5.74, 6) is -1.13. The summed E-state index contributed by atoms with van der Waals surface area (Å²) in [6.07, 6.45) is 4.10. The standard InChI is InChI=1S/C23H26N2O6S/c1-30-16-6-7-19(21(27)12-16)20(26)8-9-23(29)25(14-18-5-3-11-32-18)15-22(28)24-13-17-4-2-10-31-17/h3,5-9,11-12,17,27H,2,4,10,13-15H2,1H3,(H,24,28). The molecule has 3 rings (SSSR count). The molecule has 0 saturated carbocycles. The summed E-state index contributed by atoms with van der Waals surface area (Å²) in [5.41, 5.74) is 0.0500. The molecule has 1 aliphatic heterocycles. The minimum absolute atomic E-state index is 0.00934. The number of benzene rings is 1. The predicted octanol–water partition coefficient (Wildman–Crippen LogP) is 2.53. The van der Waals surface area contributed by atoms with E-state index in [0.717, 1.165) is 29.9 Å². The molecule has 170 valence electrons. The van der Waals surface area contributed by atoms with Crippen LogP contribution in [0.2, 0.25) is 0 Å². The van der Waals surface area contributed by atoms with Crippen molar-refractivity contribution in [1.29, 1.82) is 0 Å². The number of phenolic OH excluding ortho intramolecular Hbond substituents is 1. The van der Waals surface area contributed by atoms with Gasteiger partial charge in [0.2, 0.25) is 11.8 Å².